The van der Waals surface area contributed by atoms with E-state index in [0.717, 1.165) is 11.1 Å². The Kier molecular flexibility index (Phi) is 5.40. The molecule has 0 aromatic carbocycles. The number of nitrogens with one attached hydrogen (secondary N) is 1. The summed E-state index contributed by atoms with van der Waals surface area (Å²) in [5, 5.41) is 0. The third-order valence-electron chi connectivity index (χ3n) is 1.73. The number of carbonyl (C=O) groups is 1. The number of rotatable bonds is 1. The third kappa shape index (κ3) is 5.69. The summed E-state index contributed by atoms with van der Waals surface area (Å²) in [5.74, 6) is 0.0214. The van der Waals surface area contributed by atoms with E-state index < -0.39 is 10.5 Å². The lowest BCUT2D eigenvalue weighted by Crippen LogP contribution is -1.97. The predicted octanol–water partition coefficient (Wildman–Crippen LogP) is 1.53. The van der Waals surface area contributed by atoms with Gasteiger partial charge in [0.25, 0.3) is 0 Å². The average molecular weight is 228 g/mol. The molecule has 0 atom stereocenters. The van der Waals surface area contributed by atoms with Crippen LogP contribution in [0.25, 0.3) is 0 Å². The molecule has 0 amide bonds. The van der Waals surface area contributed by atoms with Gasteiger partial charge in [-0.3, -0.25) is 9.78 Å². The summed E-state index contributed by atoms with van der Waals surface area (Å²) >= 11 is 0. The number of nitrogens with zero attached hydrogens (tertiary/aromatic N) is 1. The molecule has 5 nitrogen and oxygen atoms in total. The molecule has 0 saturated heterocycles. The van der Waals surface area contributed by atoms with Crippen molar-refractivity contribution in [1.82, 2.24) is 4.98 Å². The van der Waals surface area contributed by atoms with Gasteiger partial charge in [-0.1, -0.05) is 0 Å². The maximum atomic E-state index is 10.8. The van der Waals surface area contributed by atoms with Crippen molar-refractivity contribution in [2.24, 2.45) is 0 Å². The van der Waals surface area contributed by atoms with Gasteiger partial charge in [0.15, 0.2) is 5.78 Å². The Balaban J connectivity index is 0.000000423. The molecule has 0 unspecified atom stereocenters. The minimum absolute atomic E-state index is 0.0214. The summed E-state index contributed by atoms with van der Waals surface area (Å²) in [5.41, 5.74) is 2.79. The highest BCUT2D eigenvalue weighted by atomic mass is 32.2. The van der Waals surface area contributed by atoms with Crippen molar-refractivity contribution < 1.29 is 13.2 Å². The first-order valence-electron chi connectivity index (χ1n) is 4.09. The van der Waals surface area contributed by atoms with Gasteiger partial charge in [0.2, 0.25) is 0 Å². The maximum Gasteiger partial charge on any atom is 0.308 e. The van der Waals surface area contributed by atoms with E-state index in [1.165, 1.54) is 6.92 Å². The van der Waals surface area contributed by atoms with Crippen molar-refractivity contribution in [3.05, 3.63) is 29.1 Å². The summed E-state index contributed by atoms with van der Waals surface area (Å²) in [7, 11) is -2.61. The molecule has 0 saturated carbocycles. The van der Waals surface area contributed by atoms with E-state index in [-0.39, 0.29) is 5.78 Å². The predicted molar refractivity (Wildman–Crippen MR) is 55.4 cm³/mol. The van der Waals surface area contributed by atoms with E-state index >= 15 is 0 Å². The Bertz CT molecular complexity index is 458. The molecular weight excluding hydrogens is 216 g/mol. The molecule has 82 valence electrons. The lowest BCUT2D eigenvalue weighted by Gasteiger charge is -1.99. The summed E-state index contributed by atoms with van der Waals surface area (Å²) < 4.78 is 22.8. The van der Waals surface area contributed by atoms with E-state index in [2.05, 4.69) is 4.98 Å². The molecule has 0 spiro atoms. The van der Waals surface area contributed by atoms with Gasteiger partial charge in [-0.25, -0.2) is 0 Å². The quantitative estimate of drug-likeness (QED) is 0.738. The molecule has 0 radical (unpaired) electrons. The Morgan fingerprint density at radius 1 is 1.33 bits per heavy atom. The van der Waals surface area contributed by atoms with Crippen LogP contribution in [0.15, 0.2) is 12.3 Å². The molecule has 0 aliphatic rings. The highest BCUT2D eigenvalue weighted by Gasteiger charge is 2.01. The number of carbonyl (C=O) groups excluding carboxylic acids is 1. The van der Waals surface area contributed by atoms with Crippen LogP contribution in [-0.2, 0) is 10.5 Å². The van der Waals surface area contributed by atoms with E-state index in [1.54, 1.807) is 6.20 Å². The highest BCUT2D eigenvalue weighted by Crippen LogP contribution is 2.06. The van der Waals surface area contributed by atoms with Gasteiger partial charge in [-0.15, -0.1) is 0 Å². The lowest BCUT2D eigenvalue weighted by molar-refractivity contribution is 0.101. The molecule has 0 aliphatic carbocycles. The maximum absolute atomic E-state index is 10.8. The van der Waals surface area contributed by atoms with E-state index in [9.17, 15) is 4.79 Å². The molecule has 0 fully saturated rings. The zero-order valence-corrected chi connectivity index (χ0v) is 9.55. The fourth-order valence-electron chi connectivity index (χ4n) is 0.817. The summed E-state index contributed by atoms with van der Waals surface area (Å²) in [6.07, 6.45) is 1.73. The fourth-order valence-corrected chi connectivity index (χ4v) is 0.817. The van der Waals surface area contributed by atoms with Gasteiger partial charge in [0, 0.05) is 13.1 Å². The second kappa shape index (κ2) is 6.02. The number of Topliss-reactive ketones (excluding diaryl/α,β-unsaturated/α-hetero) is 1. The fraction of sp³-hybridized carbons (Fsp3) is 0.333. The summed E-state index contributed by atoms with van der Waals surface area (Å²) in [6, 6.07) is 1.82. The summed E-state index contributed by atoms with van der Waals surface area (Å²) in [6.45, 7) is 5.48. The van der Waals surface area contributed by atoms with Gasteiger partial charge < -0.3 is 0 Å². The van der Waals surface area contributed by atoms with Gasteiger partial charge in [-0.2, -0.15) is 13.2 Å². The minimum atomic E-state index is -2.61. The van der Waals surface area contributed by atoms with Crippen LogP contribution >= 0.6 is 0 Å². The second-order valence-electron chi connectivity index (χ2n) is 2.94. The van der Waals surface area contributed by atoms with E-state index in [0.29, 0.717) is 5.69 Å². The molecule has 0 bridgehead atoms. The van der Waals surface area contributed by atoms with Crippen molar-refractivity contribution in [2.75, 3.05) is 0 Å². The topological polar surface area (TPSA) is 87.9 Å². The zero-order chi connectivity index (χ0) is 12.0. The van der Waals surface area contributed by atoms with Crippen LogP contribution in [0.2, 0.25) is 0 Å². The van der Waals surface area contributed by atoms with Crippen molar-refractivity contribution in [1.29, 1.82) is 4.78 Å². The molecule has 1 aromatic rings. The number of hydrogen-bond donors (Lipinski definition) is 1. The second-order valence-corrected chi connectivity index (χ2v) is 3.41. The standard InChI is InChI=1S/C9H11NO.HNO2S/c1-6-4-9(8(3)11)10-5-7(6)2;1-4(2)3/h4-5H,1-3H3;1H. The Morgan fingerprint density at radius 3 is 2.13 bits per heavy atom. The number of aromatic nitrogens is 1. The molecule has 0 aliphatic heterocycles. The first kappa shape index (κ1) is 13.4. The lowest BCUT2D eigenvalue weighted by atomic mass is 10.1. The number of pyridine rings is 1. The molecule has 1 N–H and O–H groups in total. The number of hydrogen-bond acceptors (Lipinski definition) is 5. The Labute approximate surface area is 89.7 Å². The highest BCUT2D eigenvalue weighted by molar-refractivity contribution is 7.60. The van der Waals surface area contributed by atoms with Gasteiger partial charge in [-0.05, 0) is 31.0 Å². The van der Waals surface area contributed by atoms with E-state index in [1.807, 2.05) is 19.9 Å². The molecule has 6 heteroatoms. The molecule has 1 aromatic heterocycles. The SMILES string of the molecule is CC(=O)c1cc(C)c(C)cn1.N=S(=O)=O. The Morgan fingerprint density at radius 2 is 1.80 bits per heavy atom. The van der Waals surface area contributed by atoms with Crippen LogP contribution in [0.3, 0.4) is 0 Å². The van der Waals surface area contributed by atoms with Gasteiger partial charge >= 0.3 is 10.5 Å². The largest absolute Gasteiger partial charge is 0.308 e. The zero-order valence-electron chi connectivity index (χ0n) is 8.73. The van der Waals surface area contributed by atoms with Crippen molar-refractivity contribution >= 4 is 16.3 Å². The van der Waals surface area contributed by atoms with Crippen LogP contribution in [0.5, 0.6) is 0 Å². The summed E-state index contributed by atoms with van der Waals surface area (Å²) in [4.78, 5) is 14.8. The van der Waals surface area contributed by atoms with Crippen molar-refractivity contribution in [2.45, 2.75) is 20.8 Å². The van der Waals surface area contributed by atoms with Crippen molar-refractivity contribution in [3.63, 3.8) is 0 Å². The monoisotopic (exact) mass is 228 g/mol. The van der Waals surface area contributed by atoms with Crippen LogP contribution in [-0.4, -0.2) is 19.2 Å². The first-order chi connectivity index (χ1) is 6.84. The molecular formula is C9H12N2O3S. The van der Waals surface area contributed by atoms with Crippen LogP contribution in [0.1, 0.15) is 28.5 Å². The minimum Gasteiger partial charge on any atom is -0.293 e. The normalized spacial score (nSPS) is 8.73. The van der Waals surface area contributed by atoms with Crippen LogP contribution in [0, 0.1) is 18.6 Å². The van der Waals surface area contributed by atoms with Crippen LogP contribution in [0.4, 0.5) is 0 Å². The molecule has 1 rings (SSSR count). The number of aryl methyl sites for hydroxylation is 2. The Hall–Kier alpha value is -1.56. The van der Waals surface area contributed by atoms with Gasteiger partial charge in [0.05, 0.1) is 0 Å². The third-order valence-corrected chi connectivity index (χ3v) is 1.73. The van der Waals surface area contributed by atoms with Crippen molar-refractivity contribution in [3.8, 4) is 0 Å². The van der Waals surface area contributed by atoms with Gasteiger partial charge in [0.1, 0.15) is 5.69 Å². The first-order valence-corrected chi connectivity index (χ1v) is 5.16. The van der Waals surface area contributed by atoms with E-state index in [4.69, 9.17) is 13.2 Å². The number of ketones is 1. The molecule has 15 heavy (non-hydrogen) atoms. The molecule has 1 heterocycles. The smallest absolute Gasteiger partial charge is 0.293 e. The average Bonchev–Trinajstić information content (AvgIpc) is 2.08. The van der Waals surface area contributed by atoms with Crippen LogP contribution < -0.4 is 0 Å².